The first kappa shape index (κ1) is 19.5. The first-order valence-corrected chi connectivity index (χ1v) is 11.6. The van der Waals surface area contributed by atoms with Crippen molar-refractivity contribution >= 4 is 5.91 Å². The van der Waals surface area contributed by atoms with E-state index in [1.807, 2.05) is 0 Å². The van der Waals surface area contributed by atoms with Crippen LogP contribution in [0.3, 0.4) is 0 Å². The molecule has 4 bridgehead atoms. The lowest BCUT2D eigenvalue weighted by Crippen LogP contribution is -2.64. The predicted octanol–water partition coefficient (Wildman–Crippen LogP) is 4.37. The van der Waals surface area contributed by atoms with E-state index in [9.17, 15) is 9.18 Å². The Morgan fingerprint density at radius 1 is 1.17 bits per heavy atom. The maximum Gasteiger partial charge on any atom is 0.226 e. The quantitative estimate of drug-likeness (QED) is 0.773. The van der Waals surface area contributed by atoms with Gasteiger partial charge in [0, 0.05) is 6.04 Å². The van der Waals surface area contributed by atoms with Crippen molar-refractivity contribution in [1.82, 2.24) is 10.6 Å². The van der Waals surface area contributed by atoms with E-state index in [-0.39, 0.29) is 34.9 Å². The zero-order chi connectivity index (χ0) is 20.1. The third-order valence-electron chi connectivity index (χ3n) is 8.78. The van der Waals surface area contributed by atoms with Crippen LogP contribution < -0.4 is 10.6 Å². The Morgan fingerprint density at radius 2 is 2.00 bits per heavy atom. The van der Waals surface area contributed by atoms with Crippen LogP contribution in [0.25, 0.3) is 0 Å². The number of halogens is 1. The second-order valence-electron chi connectivity index (χ2n) is 10.9. The highest BCUT2D eigenvalue weighted by molar-refractivity contribution is 5.84. The van der Waals surface area contributed by atoms with Gasteiger partial charge < -0.3 is 10.6 Å². The molecule has 5 fully saturated rings. The normalized spacial score (nSPS) is 43.3. The summed E-state index contributed by atoms with van der Waals surface area (Å²) in [7, 11) is 0. The zero-order valence-electron chi connectivity index (χ0n) is 17.7. The summed E-state index contributed by atoms with van der Waals surface area (Å²) >= 11 is 0. The molecule has 4 heteroatoms. The van der Waals surface area contributed by atoms with E-state index in [0.29, 0.717) is 18.3 Å². The molecule has 4 unspecified atom stereocenters. The van der Waals surface area contributed by atoms with Crippen molar-refractivity contribution in [3.63, 3.8) is 0 Å². The molecule has 1 aromatic carbocycles. The van der Waals surface area contributed by atoms with Gasteiger partial charge in [0.15, 0.2) is 0 Å². The predicted molar refractivity (Wildman–Crippen MR) is 113 cm³/mol. The molecule has 0 spiro atoms. The molecule has 1 saturated heterocycles. The first-order valence-electron chi connectivity index (χ1n) is 11.6. The molecule has 3 nitrogen and oxygen atoms in total. The minimum atomic E-state index is -0.310. The standard InChI is InChI=1S/C25H35FN2O/c1-18-14-27-10-7-21(18)28-22(29)25-13-19-11-23(16-25,8-9-26)15-24(12-19,17-25)20-5-3-2-4-6-20/h2-6,18-19,21,27H,7-17H2,1H3,(H,28,29)/t18?,19?,21?,23-,24-,25?/m1/s1. The largest absolute Gasteiger partial charge is 0.353 e. The summed E-state index contributed by atoms with van der Waals surface area (Å²) in [5.41, 5.74) is 1.11. The van der Waals surface area contributed by atoms with Crippen LogP contribution in [-0.4, -0.2) is 31.7 Å². The molecule has 6 atom stereocenters. The lowest BCUT2D eigenvalue weighted by atomic mass is 9.38. The van der Waals surface area contributed by atoms with Crippen molar-refractivity contribution in [2.24, 2.45) is 22.7 Å². The SMILES string of the molecule is CC1CNCCC1NC(=O)C12CC3C[C@@](CCF)(C1)C[C@](c1ccccc1)(C3)C2. The van der Waals surface area contributed by atoms with Crippen LogP contribution in [0.15, 0.2) is 30.3 Å². The van der Waals surface area contributed by atoms with Gasteiger partial charge in [-0.05, 0) is 92.7 Å². The minimum absolute atomic E-state index is 0.00108. The van der Waals surface area contributed by atoms with Gasteiger partial charge in [0.05, 0.1) is 12.1 Å². The van der Waals surface area contributed by atoms with E-state index in [2.05, 4.69) is 47.9 Å². The molecule has 1 aliphatic heterocycles. The maximum absolute atomic E-state index is 13.8. The van der Waals surface area contributed by atoms with Gasteiger partial charge in [-0.3, -0.25) is 9.18 Å². The highest BCUT2D eigenvalue weighted by atomic mass is 19.1. The average Bonchev–Trinajstić information content (AvgIpc) is 2.69. The summed E-state index contributed by atoms with van der Waals surface area (Å²) in [5.74, 6) is 1.28. The molecule has 1 amide bonds. The number of hydrogen-bond acceptors (Lipinski definition) is 2. The Balaban J connectivity index is 1.48. The van der Waals surface area contributed by atoms with Gasteiger partial charge in [-0.25, -0.2) is 0 Å². The van der Waals surface area contributed by atoms with Crippen LogP contribution in [-0.2, 0) is 10.2 Å². The van der Waals surface area contributed by atoms with Gasteiger partial charge in [0.2, 0.25) is 5.91 Å². The van der Waals surface area contributed by atoms with E-state index < -0.39 is 0 Å². The summed E-state index contributed by atoms with van der Waals surface area (Å²) in [4.78, 5) is 13.8. The molecular formula is C25H35FN2O. The molecule has 4 saturated carbocycles. The molecule has 0 radical (unpaired) electrons. The number of amides is 1. The van der Waals surface area contributed by atoms with Crippen LogP contribution in [0.2, 0.25) is 0 Å². The Bertz CT molecular complexity index is 769. The van der Waals surface area contributed by atoms with Gasteiger partial charge >= 0.3 is 0 Å². The number of hydrogen-bond donors (Lipinski definition) is 2. The van der Waals surface area contributed by atoms with Crippen molar-refractivity contribution in [3.8, 4) is 0 Å². The van der Waals surface area contributed by atoms with Crippen molar-refractivity contribution < 1.29 is 9.18 Å². The number of rotatable bonds is 5. The lowest BCUT2D eigenvalue weighted by molar-refractivity contribution is -0.165. The number of alkyl halides is 1. The van der Waals surface area contributed by atoms with Gasteiger partial charge in [-0.2, -0.15) is 0 Å². The third kappa shape index (κ3) is 3.22. The smallest absolute Gasteiger partial charge is 0.226 e. The van der Waals surface area contributed by atoms with E-state index in [0.717, 1.165) is 51.6 Å². The van der Waals surface area contributed by atoms with Crippen LogP contribution in [0.5, 0.6) is 0 Å². The van der Waals surface area contributed by atoms with E-state index >= 15 is 0 Å². The van der Waals surface area contributed by atoms with Gasteiger partial charge in [-0.1, -0.05) is 37.3 Å². The lowest BCUT2D eigenvalue weighted by Gasteiger charge is -2.66. The summed E-state index contributed by atoms with van der Waals surface area (Å²) in [6.07, 6.45) is 7.81. The molecule has 29 heavy (non-hydrogen) atoms. The Hall–Kier alpha value is -1.42. The second kappa shape index (κ2) is 7.08. The third-order valence-corrected chi connectivity index (χ3v) is 8.78. The van der Waals surface area contributed by atoms with Crippen molar-refractivity contribution in [2.75, 3.05) is 19.8 Å². The fourth-order valence-electron chi connectivity index (χ4n) is 8.03. The van der Waals surface area contributed by atoms with Crippen LogP contribution in [0, 0.1) is 22.7 Å². The molecule has 1 aromatic rings. The number of carbonyl (C=O) groups excluding carboxylic acids is 1. The Morgan fingerprint density at radius 3 is 2.76 bits per heavy atom. The molecule has 5 aliphatic rings. The molecule has 0 aromatic heterocycles. The average molecular weight is 399 g/mol. The molecule has 6 rings (SSSR count). The monoisotopic (exact) mass is 398 g/mol. The summed E-state index contributed by atoms with van der Waals surface area (Å²) < 4.78 is 13.7. The highest BCUT2D eigenvalue weighted by Crippen LogP contribution is 2.71. The molecule has 2 N–H and O–H groups in total. The van der Waals surface area contributed by atoms with E-state index in [1.165, 1.54) is 12.0 Å². The van der Waals surface area contributed by atoms with E-state index in [4.69, 9.17) is 0 Å². The molecule has 1 heterocycles. The number of benzene rings is 1. The van der Waals surface area contributed by atoms with Gasteiger partial charge in [0.1, 0.15) is 0 Å². The van der Waals surface area contributed by atoms with Crippen LogP contribution in [0.4, 0.5) is 4.39 Å². The van der Waals surface area contributed by atoms with E-state index in [1.54, 1.807) is 0 Å². The van der Waals surface area contributed by atoms with Crippen LogP contribution in [0.1, 0.15) is 63.9 Å². The van der Waals surface area contributed by atoms with Crippen molar-refractivity contribution in [1.29, 1.82) is 0 Å². The first-order chi connectivity index (χ1) is 14.0. The zero-order valence-corrected chi connectivity index (χ0v) is 17.7. The summed E-state index contributed by atoms with van der Waals surface area (Å²) in [6.45, 7) is 3.92. The molecular weight excluding hydrogens is 363 g/mol. The fourth-order valence-corrected chi connectivity index (χ4v) is 8.03. The highest BCUT2D eigenvalue weighted by Gasteiger charge is 2.65. The second-order valence-corrected chi connectivity index (χ2v) is 10.9. The summed E-state index contributed by atoms with van der Waals surface area (Å²) in [6, 6.07) is 11.1. The topological polar surface area (TPSA) is 41.1 Å². The van der Waals surface area contributed by atoms with Crippen molar-refractivity contribution in [3.05, 3.63) is 35.9 Å². The Kier molecular flexibility index (Phi) is 4.77. The Labute approximate surface area is 174 Å². The number of carbonyl (C=O) groups is 1. The molecule has 158 valence electrons. The summed E-state index contributed by atoms with van der Waals surface area (Å²) in [5, 5.41) is 6.91. The van der Waals surface area contributed by atoms with Gasteiger partial charge in [0.25, 0.3) is 0 Å². The van der Waals surface area contributed by atoms with Crippen LogP contribution >= 0.6 is 0 Å². The number of nitrogens with one attached hydrogen (secondary N) is 2. The minimum Gasteiger partial charge on any atom is -0.353 e. The van der Waals surface area contributed by atoms with Crippen molar-refractivity contribution in [2.45, 2.75) is 69.7 Å². The fraction of sp³-hybridized carbons (Fsp3) is 0.720. The molecule has 4 aliphatic carbocycles. The maximum atomic E-state index is 13.8. The van der Waals surface area contributed by atoms with Gasteiger partial charge in [-0.15, -0.1) is 0 Å². The number of piperidine rings is 1.